The fourth-order valence-electron chi connectivity index (χ4n) is 1.43. The third kappa shape index (κ3) is 2.16. The van der Waals surface area contributed by atoms with Gasteiger partial charge in [-0.2, -0.15) is 0 Å². The molecule has 0 heterocycles. The molecule has 0 bridgehead atoms. The number of allylic oxidation sites excluding steroid dienone is 2. The molecule has 0 saturated heterocycles. The van der Waals surface area contributed by atoms with E-state index in [0.717, 1.165) is 25.7 Å². The smallest absolute Gasteiger partial charge is 0.195 e. The summed E-state index contributed by atoms with van der Waals surface area (Å²) in [6.07, 6.45) is 5.72. The first-order valence-electron chi connectivity index (χ1n) is 4.44. The molecule has 0 aromatic rings. The summed E-state index contributed by atoms with van der Waals surface area (Å²) in [6.45, 7) is 2.65. The Morgan fingerprint density at radius 1 is 1.50 bits per heavy atom. The van der Waals surface area contributed by atoms with Crippen LogP contribution in [-0.2, 0) is 4.79 Å². The minimum atomic E-state index is -1.69. The quantitative estimate of drug-likeness (QED) is 0.622. The number of rotatable bonds is 2. The summed E-state index contributed by atoms with van der Waals surface area (Å²) in [5.41, 5.74) is -1.00. The van der Waals surface area contributed by atoms with Gasteiger partial charge in [-0.05, 0) is 45.1 Å². The Bertz CT molecular complexity index is 210. The Kier molecular flexibility index (Phi) is 2.65. The van der Waals surface area contributed by atoms with Crippen LogP contribution in [0.25, 0.3) is 0 Å². The number of hydrogen-bond acceptors (Lipinski definition) is 1. The highest BCUT2D eigenvalue weighted by atomic mass is 19.1. The summed E-state index contributed by atoms with van der Waals surface area (Å²) in [5, 5.41) is 0. The maximum atomic E-state index is 13.2. The van der Waals surface area contributed by atoms with Crippen LogP contribution in [0.3, 0.4) is 0 Å². The third-order valence-corrected chi connectivity index (χ3v) is 2.12. The minimum absolute atomic E-state index is 0.331. The molecule has 1 aliphatic carbocycles. The zero-order valence-electron chi connectivity index (χ0n) is 7.69. The summed E-state index contributed by atoms with van der Waals surface area (Å²) in [5.74, 6) is -0.331. The molecular formula is C10H15FO. The minimum Gasteiger partial charge on any atom is -0.291 e. The van der Waals surface area contributed by atoms with Gasteiger partial charge in [0.1, 0.15) is 0 Å². The van der Waals surface area contributed by atoms with Gasteiger partial charge >= 0.3 is 0 Å². The van der Waals surface area contributed by atoms with Crippen molar-refractivity contribution in [1.82, 2.24) is 0 Å². The van der Waals surface area contributed by atoms with E-state index in [1.54, 1.807) is 0 Å². The molecule has 0 fully saturated rings. The predicted octanol–water partition coefficient (Wildman–Crippen LogP) is 2.80. The number of halogens is 1. The van der Waals surface area contributed by atoms with Crippen molar-refractivity contribution >= 4 is 5.78 Å². The zero-order valence-corrected chi connectivity index (χ0v) is 7.69. The number of carbonyl (C=O) groups is 1. The number of Topliss-reactive ketones (excluding diaryl/α,β-unsaturated/α-hetero) is 1. The van der Waals surface area contributed by atoms with Gasteiger partial charge in [-0.1, -0.05) is 6.08 Å². The molecule has 0 unspecified atom stereocenters. The maximum absolute atomic E-state index is 13.2. The molecule has 0 aromatic heterocycles. The van der Waals surface area contributed by atoms with Gasteiger partial charge < -0.3 is 0 Å². The molecule has 0 atom stereocenters. The first-order chi connectivity index (χ1) is 5.52. The van der Waals surface area contributed by atoms with Crippen LogP contribution in [0.2, 0.25) is 0 Å². The first-order valence-corrected chi connectivity index (χ1v) is 4.44. The van der Waals surface area contributed by atoms with Crippen LogP contribution in [0.5, 0.6) is 0 Å². The highest BCUT2D eigenvalue weighted by Crippen LogP contribution is 2.24. The van der Waals surface area contributed by atoms with E-state index in [1.165, 1.54) is 13.8 Å². The van der Waals surface area contributed by atoms with Gasteiger partial charge in [-0.25, -0.2) is 4.39 Å². The lowest BCUT2D eigenvalue weighted by Gasteiger charge is -2.17. The molecule has 1 aliphatic rings. The molecule has 0 amide bonds. The Labute approximate surface area is 72.7 Å². The summed E-state index contributed by atoms with van der Waals surface area (Å²) >= 11 is 0. The second-order valence-corrected chi connectivity index (χ2v) is 3.78. The summed E-state index contributed by atoms with van der Waals surface area (Å²) < 4.78 is 13.2. The Morgan fingerprint density at radius 3 is 2.58 bits per heavy atom. The van der Waals surface area contributed by atoms with Crippen LogP contribution in [0.4, 0.5) is 4.39 Å². The summed E-state index contributed by atoms with van der Waals surface area (Å²) in [7, 11) is 0. The fraction of sp³-hybridized carbons (Fsp3) is 0.700. The topological polar surface area (TPSA) is 17.1 Å². The van der Waals surface area contributed by atoms with Gasteiger partial charge in [-0.3, -0.25) is 4.79 Å². The standard InChI is InChI=1S/C10H15FO/c1-10(2,11)9(12)8-6-4-3-5-7-8/h6H,3-5,7H2,1-2H3. The normalized spacial score (nSPS) is 18.8. The lowest BCUT2D eigenvalue weighted by molar-refractivity contribution is -0.124. The van der Waals surface area contributed by atoms with Crippen molar-refractivity contribution in [3.8, 4) is 0 Å². The van der Waals surface area contributed by atoms with Crippen molar-refractivity contribution < 1.29 is 9.18 Å². The van der Waals surface area contributed by atoms with E-state index in [-0.39, 0.29) is 5.78 Å². The number of carbonyl (C=O) groups excluding carboxylic acids is 1. The summed E-state index contributed by atoms with van der Waals surface area (Å²) in [4.78, 5) is 11.4. The van der Waals surface area contributed by atoms with Crippen molar-refractivity contribution in [2.24, 2.45) is 0 Å². The van der Waals surface area contributed by atoms with E-state index in [2.05, 4.69) is 0 Å². The lowest BCUT2D eigenvalue weighted by Crippen LogP contribution is -2.28. The maximum Gasteiger partial charge on any atom is 0.195 e. The van der Waals surface area contributed by atoms with Crippen molar-refractivity contribution in [2.75, 3.05) is 0 Å². The van der Waals surface area contributed by atoms with Crippen LogP contribution in [0, 0.1) is 0 Å². The molecule has 0 saturated carbocycles. The van der Waals surface area contributed by atoms with Crippen LogP contribution < -0.4 is 0 Å². The van der Waals surface area contributed by atoms with Crippen molar-refractivity contribution in [3.63, 3.8) is 0 Å². The largest absolute Gasteiger partial charge is 0.291 e. The molecular weight excluding hydrogens is 155 g/mol. The van der Waals surface area contributed by atoms with E-state index < -0.39 is 5.67 Å². The molecule has 2 heteroatoms. The van der Waals surface area contributed by atoms with Crippen LogP contribution in [0.1, 0.15) is 39.5 Å². The van der Waals surface area contributed by atoms with Crippen molar-refractivity contribution in [2.45, 2.75) is 45.2 Å². The Balaban J connectivity index is 2.70. The molecule has 0 aliphatic heterocycles. The van der Waals surface area contributed by atoms with Gasteiger partial charge in [0, 0.05) is 0 Å². The summed E-state index contributed by atoms with van der Waals surface area (Å²) in [6, 6.07) is 0. The Hall–Kier alpha value is -0.660. The van der Waals surface area contributed by atoms with Crippen LogP contribution in [0.15, 0.2) is 11.6 Å². The van der Waals surface area contributed by atoms with E-state index in [1.807, 2.05) is 6.08 Å². The fourth-order valence-corrected chi connectivity index (χ4v) is 1.43. The van der Waals surface area contributed by atoms with Crippen LogP contribution in [-0.4, -0.2) is 11.5 Å². The number of alkyl halides is 1. The van der Waals surface area contributed by atoms with E-state index in [9.17, 15) is 9.18 Å². The zero-order chi connectivity index (χ0) is 9.19. The molecule has 68 valence electrons. The Morgan fingerprint density at radius 2 is 2.17 bits per heavy atom. The molecule has 1 nitrogen and oxygen atoms in total. The molecule has 0 spiro atoms. The second kappa shape index (κ2) is 3.38. The van der Waals surface area contributed by atoms with Crippen molar-refractivity contribution in [1.29, 1.82) is 0 Å². The van der Waals surface area contributed by atoms with E-state index in [0.29, 0.717) is 5.57 Å². The number of ketones is 1. The van der Waals surface area contributed by atoms with Gasteiger partial charge in [0.15, 0.2) is 11.5 Å². The van der Waals surface area contributed by atoms with E-state index in [4.69, 9.17) is 0 Å². The second-order valence-electron chi connectivity index (χ2n) is 3.78. The molecule has 12 heavy (non-hydrogen) atoms. The van der Waals surface area contributed by atoms with Crippen LogP contribution >= 0.6 is 0 Å². The predicted molar refractivity (Wildman–Crippen MR) is 46.7 cm³/mol. The molecule has 1 rings (SSSR count). The lowest BCUT2D eigenvalue weighted by atomic mass is 9.90. The van der Waals surface area contributed by atoms with Gasteiger partial charge in [-0.15, -0.1) is 0 Å². The molecule has 0 aromatic carbocycles. The highest BCUT2D eigenvalue weighted by Gasteiger charge is 2.29. The average Bonchev–Trinajstić information content (AvgIpc) is 2.03. The molecule has 0 N–H and O–H groups in total. The van der Waals surface area contributed by atoms with Gasteiger partial charge in [0.05, 0.1) is 0 Å². The monoisotopic (exact) mass is 170 g/mol. The first kappa shape index (κ1) is 9.43. The highest BCUT2D eigenvalue weighted by molar-refractivity contribution is 6.01. The van der Waals surface area contributed by atoms with Gasteiger partial charge in [0.2, 0.25) is 0 Å². The third-order valence-electron chi connectivity index (χ3n) is 2.12. The average molecular weight is 170 g/mol. The SMILES string of the molecule is CC(C)(F)C(=O)C1=CCCCC1. The number of hydrogen-bond donors (Lipinski definition) is 0. The molecule has 0 radical (unpaired) electrons. The van der Waals surface area contributed by atoms with E-state index >= 15 is 0 Å². The van der Waals surface area contributed by atoms with Crippen molar-refractivity contribution in [3.05, 3.63) is 11.6 Å². The van der Waals surface area contributed by atoms with Gasteiger partial charge in [0.25, 0.3) is 0 Å².